The molecule has 3 N–H and O–H groups in total. The fourth-order valence-electron chi connectivity index (χ4n) is 1.50. The molecule has 2 rings (SSSR count). The molecular weight excluding hydrogens is 304 g/mol. The van der Waals surface area contributed by atoms with E-state index >= 15 is 0 Å². The lowest BCUT2D eigenvalue weighted by Gasteiger charge is -2.02. The summed E-state index contributed by atoms with van der Waals surface area (Å²) in [6.07, 6.45) is 1.95. The zero-order valence-electron chi connectivity index (χ0n) is 10.5. The summed E-state index contributed by atoms with van der Waals surface area (Å²) in [6.45, 7) is 1.81. The van der Waals surface area contributed by atoms with E-state index in [2.05, 4.69) is 20.5 Å². The van der Waals surface area contributed by atoms with Gasteiger partial charge < -0.3 is 10.9 Å². The predicted octanol–water partition coefficient (Wildman–Crippen LogP) is 1.55. The molecule has 0 aliphatic heterocycles. The molecule has 0 atom stereocenters. The number of hydrogen-bond donors (Lipinski definition) is 2. The standard InChI is InChI=1S/C9H12N6OS3/c1-4-5(6(10)14-16)7(15(2)13-4)18-9-12-11-8(17-3)19-9/h16H,1-3H3,(H2,10,14). The number of amidine groups is 1. The Morgan fingerprint density at radius 1 is 1.42 bits per heavy atom. The highest BCUT2D eigenvalue weighted by molar-refractivity contribution is 8.03. The van der Waals surface area contributed by atoms with Crippen molar-refractivity contribution >= 4 is 40.7 Å². The molecule has 2 heterocycles. The van der Waals surface area contributed by atoms with Gasteiger partial charge in [0.05, 0.1) is 11.3 Å². The molecule has 2 aromatic heterocycles. The molecule has 102 valence electrons. The first kappa shape index (κ1) is 14.2. The van der Waals surface area contributed by atoms with E-state index in [0.29, 0.717) is 11.3 Å². The van der Waals surface area contributed by atoms with Gasteiger partial charge in [-0.1, -0.05) is 28.3 Å². The third kappa shape index (κ3) is 2.85. The lowest BCUT2D eigenvalue weighted by atomic mass is 10.2. The SMILES string of the molecule is CSc1nnc(Sc2c(C(N)=NO)c(C)nn2C)s1. The normalized spacial score (nSPS) is 12.1. The Kier molecular flexibility index (Phi) is 4.32. The van der Waals surface area contributed by atoms with Gasteiger partial charge in [-0.15, -0.1) is 10.2 Å². The monoisotopic (exact) mass is 316 g/mol. The summed E-state index contributed by atoms with van der Waals surface area (Å²) in [5.74, 6) is 0.0442. The third-order valence-electron chi connectivity index (χ3n) is 2.28. The van der Waals surface area contributed by atoms with Crippen molar-refractivity contribution in [3.05, 3.63) is 11.3 Å². The van der Waals surface area contributed by atoms with Crippen LogP contribution in [-0.4, -0.2) is 37.3 Å². The first-order valence-corrected chi connectivity index (χ1v) is 7.99. The van der Waals surface area contributed by atoms with Gasteiger partial charge in [0.1, 0.15) is 5.03 Å². The Balaban J connectivity index is 2.39. The van der Waals surface area contributed by atoms with Crippen LogP contribution in [0.4, 0.5) is 0 Å². The van der Waals surface area contributed by atoms with Crippen LogP contribution in [0.25, 0.3) is 0 Å². The first-order valence-electron chi connectivity index (χ1n) is 5.13. The summed E-state index contributed by atoms with van der Waals surface area (Å²) in [5.41, 5.74) is 7.02. The lowest BCUT2D eigenvalue weighted by molar-refractivity contribution is 0.318. The van der Waals surface area contributed by atoms with Crippen molar-refractivity contribution in [2.24, 2.45) is 17.9 Å². The number of nitrogens with zero attached hydrogens (tertiary/aromatic N) is 5. The molecule has 10 heteroatoms. The van der Waals surface area contributed by atoms with Gasteiger partial charge in [0.15, 0.2) is 14.5 Å². The maximum absolute atomic E-state index is 8.84. The van der Waals surface area contributed by atoms with E-state index in [-0.39, 0.29) is 5.84 Å². The van der Waals surface area contributed by atoms with E-state index in [0.717, 1.165) is 13.7 Å². The predicted molar refractivity (Wildman–Crippen MR) is 76.3 cm³/mol. The molecule has 0 unspecified atom stereocenters. The highest BCUT2D eigenvalue weighted by Gasteiger charge is 2.19. The quantitative estimate of drug-likeness (QED) is 0.290. The van der Waals surface area contributed by atoms with Crippen LogP contribution in [0.1, 0.15) is 11.3 Å². The minimum absolute atomic E-state index is 0.0442. The van der Waals surface area contributed by atoms with Gasteiger partial charge in [0.2, 0.25) is 0 Å². The van der Waals surface area contributed by atoms with E-state index in [1.807, 2.05) is 13.2 Å². The Morgan fingerprint density at radius 3 is 2.68 bits per heavy atom. The number of hydrogen-bond acceptors (Lipinski definition) is 8. The van der Waals surface area contributed by atoms with E-state index in [1.165, 1.54) is 23.1 Å². The maximum Gasteiger partial charge on any atom is 0.181 e. The van der Waals surface area contributed by atoms with E-state index in [4.69, 9.17) is 10.9 Å². The number of aryl methyl sites for hydroxylation is 2. The molecule has 0 spiro atoms. The molecule has 0 saturated heterocycles. The lowest BCUT2D eigenvalue weighted by Crippen LogP contribution is -2.14. The molecule has 0 aromatic carbocycles. The van der Waals surface area contributed by atoms with Crippen LogP contribution < -0.4 is 5.73 Å². The highest BCUT2D eigenvalue weighted by Crippen LogP contribution is 2.35. The van der Waals surface area contributed by atoms with Crippen LogP contribution in [0.2, 0.25) is 0 Å². The van der Waals surface area contributed by atoms with Crippen molar-refractivity contribution in [2.45, 2.75) is 20.6 Å². The van der Waals surface area contributed by atoms with Crippen molar-refractivity contribution in [1.82, 2.24) is 20.0 Å². The molecule has 7 nitrogen and oxygen atoms in total. The van der Waals surface area contributed by atoms with Crippen LogP contribution in [0.5, 0.6) is 0 Å². The van der Waals surface area contributed by atoms with Crippen molar-refractivity contribution < 1.29 is 5.21 Å². The third-order valence-corrected chi connectivity index (χ3v) is 5.39. The Morgan fingerprint density at radius 2 is 2.11 bits per heavy atom. The average molecular weight is 316 g/mol. The second kappa shape index (κ2) is 5.80. The minimum Gasteiger partial charge on any atom is -0.409 e. The number of nitrogens with two attached hydrogens (primary N) is 1. The van der Waals surface area contributed by atoms with E-state index in [9.17, 15) is 0 Å². The molecule has 0 radical (unpaired) electrons. The molecule has 0 aliphatic carbocycles. The number of rotatable bonds is 4. The Hall–Kier alpha value is -1.26. The Labute approximate surface area is 122 Å². The smallest absolute Gasteiger partial charge is 0.181 e. The van der Waals surface area contributed by atoms with Gasteiger partial charge in [0.25, 0.3) is 0 Å². The van der Waals surface area contributed by atoms with Gasteiger partial charge in [-0.3, -0.25) is 4.68 Å². The van der Waals surface area contributed by atoms with E-state index in [1.54, 1.807) is 23.5 Å². The number of thioether (sulfide) groups is 1. The zero-order valence-corrected chi connectivity index (χ0v) is 12.9. The largest absolute Gasteiger partial charge is 0.409 e. The summed E-state index contributed by atoms with van der Waals surface area (Å²) in [5, 5.41) is 25.1. The molecular formula is C9H12N6OS3. The van der Waals surface area contributed by atoms with Gasteiger partial charge in [0, 0.05) is 7.05 Å². The summed E-state index contributed by atoms with van der Waals surface area (Å²) >= 11 is 4.44. The maximum atomic E-state index is 8.84. The van der Waals surface area contributed by atoms with Crippen molar-refractivity contribution in [3.63, 3.8) is 0 Å². The van der Waals surface area contributed by atoms with Crippen LogP contribution in [0, 0.1) is 6.92 Å². The molecule has 0 fully saturated rings. The molecule has 19 heavy (non-hydrogen) atoms. The molecule has 0 saturated carbocycles. The number of aromatic nitrogens is 4. The van der Waals surface area contributed by atoms with E-state index < -0.39 is 0 Å². The summed E-state index contributed by atoms with van der Waals surface area (Å²) < 4.78 is 3.37. The van der Waals surface area contributed by atoms with Gasteiger partial charge in [-0.25, -0.2) is 0 Å². The zero-order chi connectivity index (χ0) is 14.0. The fraction of sp³-hybridized carbons (Fsp3) is 0.333. The topological polar surface area (TPSA) is 102 Å². The fourth-order valence-corrected chi connectivity index (χ4v) is 4.08. The summed E-state index contributed by atoms with van der Waals surface area (Å²) in [4.78, 5) is 0. The van der Waals surface area contributed by atoms with Crippen LogP contribution in [0.3, 0.4) is 0 Å². The highest BCUT2D eigenvalue weighted by atomic mass is 32.2. The average Bonchev–Trinajstić information content (AvgIpc) is 2.95. The van der Waals surface area contributed by atoms with Gasteiger partial charge in [-0.2, -0.15) is 5.10 Å². The van der Waals surface area contributed by atoms with Crippen LogP contribution in [-0.2, 0) is 7.05 Å². The number of oxime groups is 1. The second-order valence-corrected chi connectivity index (χ2v) is 6.78. The molecule has 0 amide bonds. The van der Waals surface area contributed by atoms with Crippen LogP contribution in [0.15, 0.2) is 18.9 Å². The second-order valence-electron chi connectivity index (χ2n) is 3.51. The molecule has 0 bridgehead atoms. The van der Waals surface area contributed by atoms with Gasteiger partial charge in [-0.05, 0) is 24.9 Å². The van der Waals surface area contributed by atoms with Gasteiger partial charge >= 0.3 is 0 Å². The minimum atomic E-state index is 0.0442. The van der Waals surface area contributed by atoms with Crippen LogP contribution >= 0.6 is 34.9 Å². The van der Waals surface area contributed by atoms with Crippen molar-refractivity contribution in [3.8, 4) is 0 Å². The summed E-state index contributed by atoms with van der Waals surface area (Å²) in [6, 6.07) is 0. The Bertz CT molecular complexity index is 619. The first-order chi connectivity index (χ1) is 9.06. The molecule has 0 aliphatic rings. The van der Waals surface area contributed by atoms with Crippen molar-refractivity contribution in [1.29, 1.82) is 0 Å². The van der Waals surface area contributed by atoms with Crippen molar-refractivity contribution in [2.75, 3.05) is 6.26 Å². The molecule has 2 aromatic rings. The summed E-state index contributed by atoms with van der Waals surface area (Å²) in [7, 11) is 1.81.